The van der Waals surface area contributed by atoms with E-state index >= 15 is 0 Å². The SMILES string of the molecule is Cc1c(Cl)cccc1NC(=O)N[C@H]1C[C@H]2C(=O)N[C@@H](CO)C(=O)N2C1. The number of hydrogen-bond acceptors (Lipinski definition) is 4. The number of fused-ring (bicyclic) bond motifs is 1. The van der Waals surface area contributed by atoms with Crippen LogP contribution >= 0.6 is 11.6 Å². The van der Waals surface area contributed by atoms with Crippen molar-refractivity contribution in [2.75, 3.05) is 18.5 Å². The maximum atomic E-state index is 12.2. The van der Waals surface area contributed by atoms with E-state index in [-0.39, 0.29) is 24.4 Å². The first-order valence-electron chi connectivity index (χ1n) is 7.95. The molecule has 4 N–H and O–H groups in total. The summed E-state index contributed by atoms with van der Waals surface area (Å²) in [6, 6.07) is 2.90. The quantitative estimate of drug-likeness (QED) is 0.613. The predicted molar refractivity (Wildman–Crippen MR) is 91.3 cm³/mol. The number of aliphatic hydroxyl groups excluding tert-OH is 1. The molecule has 2 aliphatic heterocycles. The van der Waals surface area contributed by atoms with Gasteiger partial charge in [0.1, 0.15) is 12.1 Å². The third-order valence-electron chi connectivity index (χ3n) is 4.54. The van der Waals surface area contributed by atoms with E-state index in [1.54, 1.807) is 25.1 Å². The Bertz CT molecular complexity index is 726. The lowest BCUT2D eigenvalue weighted by atomic mass is 10.1. The normalized spacial score (nSPS) is 25.4. The highest BCUT2D eigenvalue weighted by Gasteiger charge is 2.46. The highest BCUT2D eigenvalue weighted by molar-refractivity contribution is 6.31. The summed E-state index contributed by atoms with van der Waals surface area (Å²) in [6.07, 6.45) is 0.331. The van der Waals surface area contributed by atoms with Crippen LogP contribution in [-0.2, 0) is 9.59 Å². The van der Waals surface area contributed by atoms with Gasteiger partial charge < -0.3 is 26.0 Å². The minimum absolute atomic E-state index is 0.232. The van der Waals surface area contributed by atoms with Crippen molar-refractivity contribution in [2.45, 2.75) is 31.5 Å². The first-order chi connectivity index (χ1) is 11.9. The van der Waals surface area contributed by atoms with Crippen molar-refractivity contribution in [3.05, 3.63) is 28.8 Å². The Balaban J connectivity index is 1.63. The van der Waals surface area contributed by atoms with Crippen molar-refractivity contribution in [1.82, 2.24) is 15.5 Å². The molecule has 1 aromatic rings. The molecule has 134 valence electrons. The summed E-state index contributed by atoms with van der Waals surface area (Å²) in [7, 11) is 0. The second-order valence-electron chi connectivity index (χ2n) is 6.19. The summed E-state index contributed by atoms with van der Waals surface area (Å²) in [5.74, 6) is -0.642. The van der Waals surface area contributed by atoms with E-state index in [0.717, 1.165) is 5.56 Å². The van der Waals surface area contributed by atoms with Gasteiger partial charge in [0.15, 0.2) is 0 Å². The Morgan fingerprint density at radius 2 is 2.20 bits per heavy atom. The lowest BCUT2D eigenvalue weighted by Gasteiger charge is -2.33. The molecule has 25 heavy (non-hydrogen) atoms. The third kappa shape index (κ3) is 3.40. The van der Waals surface area contributed by atoms with Crippen molar-refractivity contribution in [1.29, 1.82) is 0 Å². The van der Waals surface area contributed by atoms with Crippen LogP contribution in [0.3, 0.4) is 0 Å². The molecule has 0 saturated carbocycles. The number of piperazine rings is 1. The minimum atomic E-state index is -0.912. The van der Waals surface area contributed by atoms with Gasteiger partial charge in [-0.2, -0.15) is 0 Å². The molecule has 4 amide bonds. The maximum Gasteiger partial charge on any atom is 0.319 e. The van der Waals surface area contributed by atoms with Gasteiger partial charge >= 0.3 is 6.03 Å². The summed E-state index contributed by atoms with van der Waals surface area (Å²) in [5.41, 5.74) is 1.35. The van der Waals surface area contributed by atoms with Crippen LogP contribution in [0.1, 0.15) is 12.0 Å². The zero-order valence-electron chi connectivity index (χ0n) is 13.6. The van der Waals surface area contributed by atoms with E-state index in [9.17, 15) is 19.5 Å². The number of carbonyl (C=O) groups is 3. The fraction of sp³-hybridized carbons (Fsp3) is 0.438. The van der Waals surface area contributed by atoms with Gasteiger partial charge in [-0.15, -0.1) is 0 Å². The van der Waals surface area contributed by atoms with Crippen LogP contribution in [0.4, 0.5) is 10.5 Å². The molecule has 8 nitrogen and oxygen atoms in total. The maximum absolute atomic E-state index is 12.2. The lowest BCUT2D eigenvalue weighted by Crippen LogP contribution is -2.62. The Kier molecular flexibility index (Phi) is 4.82. The molecule has 2 saturated heterocycles. The van der Waals surface area contributed by atoms with Gasteiger partial charge in [-0.1, -0.05) is 17.7 Å². The van der Waals surface area contributed by atoms with E-state index in [2.05, 4.69) is 16.0 Å². The van der Waals surface area contributed by atoms with E-state index in [1.165, 1.54) is 4.90 Å². The smallest absolute Gasteiger partial charge is 0.319 e. The van der Waals surface area contributed by atoms with Crippen LogP contribution in [-0.4, -0.2) is 59.1 Å². The number of rotatable bonds is 3. The third-order valence-corrected chi connectivity index (χ3v) is 4.94. The zero-order valence-corrected chi connectivity index (χ0v) is 14.3. The van der Waals surface area contributed by atoms with Crippen molar-refractivity contribution >= 4 is 35.1 Å². The zero-order chi connectivity index (χ0) is 18.1. The number of halogens is 1. The number of benzene rings is 1. The van der Waals surface area contributed by atoms with E-state index in [0.29, 0.717) is 17.1 Å². The average molecular weight is 367 g/mol. The van der Waals surface area contributed by atoms with Gasteiger partial charge in [-0.3, -0.25) is 9.59 Å². The summed E-state index contributed by atoms with van der Waals surface area (Å²) in [6.45, 7) is 1.58. The molecule has 0 bridgehead atoms. The molecule has 2 aliphatic rings. The molecule has 9 heteroatoms. The number of anilines is 1. The van der Waals surface area contributed by atoms with E-state index < -0.39 is 24.7 Å². The Morgan fingerprint density at radius 1 is 1.44 bits per heavy atom. The topological polar surface area (TPSA) is 111 Å². The molecule has 2 heterocycles. The Hall–Kier alpha value is -2.32. The Labute approximate surface area is 149 Å². The molecule has 0 radical (unpaired) electrons. The first kappa shape index (κ1) is 17.5. The standard InChI is InChI=1S/C16H19ClN4O4/c1-8-10(17)3-2-4-11(8)20-16(25)18-9-5-13-14(23)19-12(7-22)15(24)21(13)6-9/h2-4,9,12-13,22H,5-7H2,1H3,(H,19,23)(H2,18,20,25)/t9-,12-,13-/m0/s1. The van der Waals surface area contributed by atoms with Gasteiger partial charge in [-0.05, 0) is 31.0 Å². The van der Waals surface area contributed by atoms with Crippen LogP contribution in [0.25, 0.3) is 0 Å². The fourth-order valence-electron chi connectivity index (χ4n) is 3.17. The van der Waals surface area contributed by atoms with Crippen molar-refractivity contribution in [2.24, 2.45) is 0 Å². The molecule has 1 aromatic carbocycles. The predicted octanol–water partition coefficient (Wildman–Crippen LogP) is 0.230. The second-order valence-corrected chi connectivity index (χ2v) is 6.60. The number of carbonyl (C=O) groups excluding carboxylic acids is 3. The molecule has 0 spiro atoms. The number of hydrogen-bond donors (Lipinski definition) is 4. The Morgan fingerprint density at radius 3 is 2.92 bits per heavy atom. The van der Waals surface area contributed by atoms with Crippen molar-refractivity contribution in [3.63, 3.8) is 0 Å². The number of nitrogens with zero attached hydrogens (tertiary/aromatic N) is 1. The monoisotopic (exact) mass is 366 g/mol. The summed E-state index contributed by atoms with van der Waals surface area (Å²) in [4.78, 5) is 37.9. The largest absolute Gasteiger partial charge is 0.394 e. The van der Waals surface area contributed by atoms with Gasteiger partial charge in [0.25, 0.3) is 0 Å². The molecule has 0 aliphatic carbocycles. The number of nitrogens with one attached hydrogen (secondary N) is 3. The molecular weight excluding hydrogens is 348 g/mol. The van der Waals surface area contributed by atoms with Crippen molar-refractivity contribution < 1.29 is 19.5 Å². The van der Waals surface area contributed by atoms with Crippen LogP contribution in [0.15, 0.2) is 18.2 Å². The molecule has 2 fully saturated rings. The first-order valence-corrected chi connectivity index (χ1v) is 8.33. The number of aliphatic hydroxyl groups is 1. The molecule has 3 rings (SSSR count). The number of amides is 4. The van der Waals surface area contributed by atoms with Gasteiger partial charge in [-0.25, -0.2) is 4.79 Å². The van der Waals surface area contributed by atoms with Gasteiger partial charge in [0, 0.05) is 17.3 Å². The highest BCUT2D eigenvalue weighted by atomic mass is 35.5. The van der Waals surface area contributed by atoms with Crippen LogP contribution in [0.5, 0.6) is 0 Å². The highest BCUT2D eigenvalue weighted by Crippen LogP contribution is 2.24. The molecule has 3 atom stereocenters. The van der Waals surface area contributed by atoms with E-state index in [1.807, 2.05) is 0 Å². The molecular formula is C16H19ClN4O4. The average Bonchev–Trinajstić information content (AvgIpc) is 2.99. The molecule has 0 aromatic heterocycles. The van der Waals surface area contributed by atoms with Gasteiger partial charge in [0.05, 0.1) is 12.6 Å². The van der Waals surface area contributed by atoms with Crippen LogP contribution < -0.4 is 16.0 Å². The minimum Gasteiger partial charge on any atom is -0.394 e. The summed E-state index contributed by atoms with van der Waals surface area (Å²) in [5, 5.41) is 17.7. The number of urea groups is 1. The fourth-order valence-corrected chi connectivity index (χ4v) is 3.35. The van der Waals surface area contributed by atoms with Crippen LogP contribution in [0.2, 0.25) is 5.02 Å². The van der Waals surface area contributed by atoms with E-state index in [4.69, 9.17) is 11.6 Å². The second kappa shape index (κ2) is 6.89. The summed E-state index contributed by atoms with van der Waals surface area (Å²) >= 11 is 6.03. The van der Waals surface area contributed by atoms with Crippen LogP contribution in [0, 0.1) is 6.92 Å². The summed E-state index contributed by atoms with van der Waals surface area (Å²) < 4.78 is 0. The molecule has 0 unspecified atom stereocenters. The lowest BCUT2D eigenvalue weighted by molar-refractivity contribution is -0.148. The van der Waals surface area contributed by atoms with Crippen molar-refractivity contribution in [3.8, 4) is 0 Å². The van der Waals surface area contributed by atoms with Gasteiger partial charge in [0.2, 0.25) is 11.8 Å².